The zero-order valence-corrected chi connectivity index (χ0v) is 21.6. The fourth-order valence-electron chi connectivity index (χ4n) is 3.95. The molecule has 4 aromatic rings. The lowest BCUT2D eigenvalue weighted by Crippen LogP contribution is -2.86. The van der Waals surface area contributed by atoms with E-state index in [1.54, 1.807) is 24.7 Å². The van der Waals surface area contributed by atoms with Gasteiger partial charge in [0.25, 0.3) is 5.37 Å². The number of ketones is 1. The van der Waals surface area contributed by atoms with E-state index in [0.717, 1.165) is 16.5 Å². The number of Topliss-reactive ketones (excluding diaryl/α,β-unsaturated/α-hetero) is 1. The molecular weight excluding hydrogens is 486 g/mol. The van der Waals surface area contributed by atoms with Gasteiger partial charge in [0.15, 0.2) is 22.2 Å². The Hall–Kier alpha value is -4.14. The molecule has 0 saturated carbocycles. The minimum absolute atomic E-state index is 0.170. The van der Waals surface area contributed by atoms with Gasteiger partial charge in [-0.1, -0.05) is 48.7 Å². The number of fused-ring (bicyclic) bond motifs is 1. The molecule has 0 radical (unpaired) electrons. The van der Waals surface area contributed by atoms with Crippen molar-refractivity contribution in [1.82, 2.24) is 4.98 Å². The lowest BCUT2D eigenvalue weighted by atomic mass is 10.0. The number of benzene rings is 2. The van der Waals surface area contributed by atoms with Gasteiger partial charge in [-0.3, -0.25) is 0 Å². The number of hydrogen-bond acceptors (Lipinski definition) is 5. The largest absolute Gasteiger partial charge is 0.545 e. The maximum absolute atomic E-state index is 13.6. The van der Waals surface area contributed by atoms with Crippen molar-refractivity contribution in [2.75, 3.05) is 0 Å². The molecule has 8 heteroatoms. The smallest absolute Gasteiger partial charge is 0.518 e. The molecule has 0 fully saturated rings. The Balaban J connectivity index is 1.45. The number of pyridine rings is 1. The Kier molecular flexibility index (Phi) is 6.69. The summed E-state index contributed by atoms with van der Waals surface area (Å²) in [5, 5.41) is 5.29. The van der Waals surface area contributed by atoms with Crippen molar-refractivity contribution in [3.05, 3.63) is 107 Å². The fraction of sp³-hybridized carbons (Fsp3) is 0.172. The summed E-state index contributed by atoms with van der Waals surface area (Å²) in [6.45, 7) is 5.81. The Labute approximate surface area is 219 Å². The molecule has 1 aliphatic rings. The minimum atomic E-state index is -0.689. The Morgan fingerprint density at radius 3 is 2.62 bits per heavy atom. The number of quaternary nitrogens is 1. The third kappa shape index (κ3) is 5.50. The van der Waals surface area contributed by atoms with E-state index >= 15 is 0 Å². The maximum atomic E-state index is 13.6. The molecule has 5 rings (SSSR count). The van der Waals surface area contributed by atoms with Crippen LogP contribution in [0.15, 0.2) is 79.3 Å². The van der Waals surface area contributed by atoms with E-state index in [2.05, 4.69) is 4.98 Å². The Bertz CT molecular complexity index is 1460. The summed E-state index contributed by atoms with van der Waals surface area (Å²) < 4.78 is 13.0. The average Bonchev–Trinajstić information content (AvgIpc) is 3.53. The van der Waals surface area contributed by atoms with Gasteiger partial charge >= 0.3 is 6.09 Å². The molecule has 0 unspecified atom stereocenters. The molecule has 37 heavy (non-hydrogen) atoms. The average molecular weight is 514 g/mol. The quantitative estimate of drug-likeness (QED) is 0.141. The second-order valence-electron chi connectivity index (χ2n) is 9.62. The SMILES string of the molecule is CC(C)(C)OC(=O)[n+]1cc(C(=O)[C-]2C=[S+][C-](c3cccnc3)[NH2+]2)c2ccc(OCc3ccccc3)c[c-]21. The number of carbonyl (C=O) groups excluding carboxylic acids is 2. The number of nitrogens with zero attached hydrogens (tertiary/aromatic N) is 2. The van der Waals surface area contributed by atoms with E-state index < -0.39 is 11.7 Å². The van der Waals surface area contributed by atoms with Gasteiger partial charge in [-0.15, -0.1) is 12.1 Å². The van der Waals surface area contributed by atoms with E-state index in [9.17, 15) is 9.59 Å². The number of ether oxygens (including phenoxy) is 2. The second-order valence-corrected chi connectivity index (χ2v) is 10.5. The molecule has 7 nitrogen and oxygen atoms in total. The molecule has 0 aliphatic carbocycles. The molecule has 1 aliphatic heterocycles. The van der Waals surface area contributed by atoms with Crippen LogP contribution in [0, 0.1) is 11.4 Å². The molecule has 3 heterocycles. The molecule has 0 spiro atoms. The lowest BCUT2D eigenvalue weighted by molar-refractivity contribution is -0.580. The number of hydrogen-bond donors (Lipinski definition) is 1. The van der Waals surface area contributed by atoms with Crippen molar-refractivity contribution in [2.24, 2.45) is 0 Å². The van der Waals surface area contributed by atoms with E-state index in [1.807, 2.05) is 86.1 Å². The zero-order valence-electron chi connectivity index (χ0n) is 20.8. The molecule has 2 N–H and O–H groups in total. The highest BCUT2D eigenvalue weighted by Crippen LogP contribution is 2.26. The summed E-state index contributed by atoms with van der Waals surface area (Å²) >= 11 is 1.48. The highest BCUT2D eigenvalue weighted by molar-refractivity contribution is 7.81. The molecule has 188 valence electrons. The summed E-state index contributed by atoms with van der Waals surface area (Å²) in [6.07, 6.45) is 4.49. The van der Waals surface area contributed by atoms with Crippen LogP contribution < -0.4 is 14.6 Å². The monoisotopic (exact) mass is 513 g/mol. The fourth-order valence-corrected chi connectivity index (χ4v) is 4.83. The minimum Gasteiger partial charge on any atom is -0.518 e. The van der Waals surface area contributed by atoms with Gasteiger partial charge in [0.1, 0.15) is 24.2 Å². The first-order valence-corrected chi connectivity index (χ1v) is 12.8. The van der Waals surface area contributed by atoms with E-state index in [4.69, 9.17) is 9.47 Å². The van der Waals surface area contributed by atoms with Crippen LogP contribution in [-0.4, -0.2) is 27.8 Å². The van der Waals surface area contributed by atoms with Crippen molar-refractivity contribution < 1.29 is 28.9 Å². The molecule has 0 bridgehead atoms. The molecule has 0 atom stereocenters. The van der Waals surface area contributed by atoms with E-state index in [0.29, 0.717) is 34.9 Å². The van der Waals surface area contributed by atoms with Crippen LogP contribution in [0.3, 0.4) is 0 Å². The van der Waals surface area contributed by atoms with Crippen molar-refractivity contribution >= 4 is 39.5 Å². The Morgan fingerprint density at radius 1 is 1.08 bits per heavy atom. The van der Waals surface area contributed by atoms with Gasteiger partial charge in [0.2, 0.25) is 0 Å². The molecule has 0 saturated heterocycles. The predicted molar refractivity (Wildman–Crippen MR) is 142 cm³/mol. The third-order valence-corrected chi connectivity index (χ3v) is 6.65. The van der Waals surface area contributed by atoms with Crippen LogP contribution in [0.4, 0.5) is 4.79 Å². The van der Waals surface area contributed by atoms with Crippen molar-refractivity contribution in [3.8, 4) is 5.75 Å². The number of nitrogens with two attached hydrogens (primary N) is 1. The first kappa shape index (κ1) is 24.5. The van der Waals surface area contributed by atoms with Gasteiger partial charge in [-0.25, -0.2) is 4.79 Å². The summed E-state index contributed by atoms with van der Waals surface area (Å²) in [6, 6.07) is 19.6. The molecule has 2 aromatic heterocycles. The van der Waals surface area contributed by atoms with Gasteiger partial charge in [0.05, 0.1) is 11.8 Å². The highest BCUT2D eigenvalue weighted by atomic mass is 32.1. The highest BCUT2D eigenvalue weighted by Gasteiger charge is 2.34. The number of carbonyl (C=O) groups is 2. The zero-order chi connectivity index (χ0) is 26.0. The normalized spacial score (nSPS) is 13.3. The van der Waals surface area contributed by atoms with Crippen LogP contribution in [0.5, 0.6) is 5.75 Å². The van der Waals surface area contributed by atoms with Gasteiger partial charge < -0.3 is 24.6 Å². The molecular formula is C29H27N3O4S. The topological polar surface area (TPSA) is 86.0 Å². The second kappa shape index (κ2) is 10.1. The van der Waals surface area contributed by atoms with Crippen LogP contribution in [0.2, 0.25) is 0 Å². The first-order chi connectivity index (χ1) is 17.8. The summed E-state index contributed by atoms with van der Waals surface area (Å²) in [4.78, 5) is 30.9. The van der Waals surface area contributed by atoms with Crippen molar-refractivity contribution in [3.63, 3.8) is 0 Å². The summed E-state index contributed by atoms with van der Waals surface area (Å²) in [5.74, 6) is 0.421. The summed E-state index contributed by atoms with van der Waals surface area (Å²) in [7, 11) is 0. The lowest BCUT2D eigenvalue weighted by Gasteiger charge is -2.17. The van der Waals surface area contributed by atoms with Crippen molar-refractivity contribution in [2.45, 2.75) is 33.0 Å². The van der Waals surface area contributed by atoms with Crippen LogP contribution in [-0.2, 0) is 22.7 Å². The van der Waals surface area contributed by atoms with Crippen LogP contribution >= 0.6 is 0 Å². The summed E-state index contributed by atoms with van der Waals surface area (Å²) in [5.41, 5.74) is 2.26. The van der Waals surface area contributed by atoms with E-state index in [1.165, 1.54) is 15.9 Å². The Morgan fingerprint density at radius 2 is 1.89 bits per heavy atom. The standard InChI is InChI=1S/C29H27N3O4S/c1-29(2,3)36-28(34)32-16-23(26(33)24-18-37-27(31-24)20-10-7-13-30-15-20)22-12-11-21(14-25(22)32)35-17-19-8-5-4-6-9-19/h4-16,18H,17,31H2,1-3H3. The molecule has 2 aromatic carbocycles. The molecule has 0 amide bonds. The predicted octanol–water partition coefficient (Wildman–Crippen LogP) is 3.32. The first-order valence-electron chi connectivity index (χ1n) is 11.9. The van der Waals surface area contributed by atoms with Gasteiger partial charge in [-0.2, -0.15) is 4.57 Å². The maximum Gasteiger partial charge on any atom is 0.545 e. The van der Waals surface area contributed by atoms with Gasteiger partial charge in [-0.05, 0) is 49.5 Å². The number of aromatic nitrogens is 2. The third-order valence-electron chi connectivity index (χ3n) is 5.67. The van der Waals surface area contributed by atoms with E-state index in [-0.39, 0.29) is 5.78 Å². The number of rotatable bonds is 6. The van der Waals surface area contributed by atoms with Gasteiger partial charge in [0, 0.05) is 5.56 Å². The van der Waals surface area contributed by atoms with Crippen LogP contribution in [0.25, 0.3) is 10.9 Å². The van der Waals surface area contributed by atoms with Crippen molar-refractivity contribution in [1.29, 1.82) is 0 Å². The van der Waals surface area contributed by atoms with Crippen LogP contribution in [0.1, 0.15) is 42.3 Å².